The smallest absolute Gasteiger partial charge is 0.258 e. The van der Waals surface area contributed by atoms with Crippen LogP contribution in [0.15, 0.2) is 36.5 Å². The number of carbonyl (C=O) groups is 1. The molecule has 0 aliphatic carbocycles. The van der Waals surface area contributed by atoms with Crippen molar-refractivity contribution in [1.29, 1.82) is 0 Å². The highest BCUT2D eigenvalue weighted by Gasteiger charge is 2.19. The average molecular weight is 345 g/mol. The third kappa shape index (κ3) is 4.96. The molecule has 25 heavy (non-hydrogen) atoms. The summed E-state index contributed by atoms with van der Waals surface area (Å²) in [6.07, 6.45) is 3.70. The highest BCUT2D eigenvalue weighted by atomic mass is 19.1. The Labute approximate surface area is 145 Å². The quantitative estimate of drug-likeness (QED) is 0.869. The molecular formula is C18H20FN3O3. The lowest BCUT2D eigenvalue weighted by molar-refractivity contribution is -0.123. The summed E-state index contributed by atoms with van der Waals surface area (Å²) in [6.45, 7) is 1.43. The molecule has 1 amide bonds. The molecular weight excluding hydrogens is 325 g/mol. The first-order valence-corrected chi connectivity index (χ1v) is 8.26. The number of nitrogens with zero attached hydrogens (tertiary/aromatic N) is 2. The summed E-state index contributed by atoms with van der Waals surface area (Å²) in [5.41, 5.74) is 0.717. The van der Waals surface area contributed by atoms with E-state index in [1.807, 2.05) is 0 Å². The molecule has 1 aromatic heterocycles. The van der Waals surface area contributed by atoms with Crippen LogP contribution in [0.5, 0.6) is 5.75 Å². The van der Waals surface area contributed by atoms with Gasteiger partial charge in [0.15, 0.2) is 18.2 Å². The fourth-order valence-electron chi connectivity index (χ4n) is 2.60. The summed E-state index contributed by atoms with van der Waals surface area (Å²) < 4.78 is 24.1. The summed E-state index contributed by atoms with van der Waals surface area (Å²) in [5.74, 6) is 0.164. The van der Waals surface area contributed by atoms with Crippen LogP contribution in [0, 0.1) is 5.82 Å². The van der Waals surface area contributed by atoms with Gasteiger partial charge in [-0.05, 0) is 31.0 Å². The molecule has 7 heteroatoms. The van der Waals surface area contributed by atoms with E-state index in [9.17, 15) is 9.18 Å². The minimum absolute atomic E-state index is 0.0549. The van der Waals surface area contributed by atoms with E-state index in [1.54, 1.807) is 24.4 Å². The Morgan fingerprint density at radius 3 is 3.04 bits per heavy atom. The maximum absolute atomic E-state index is 13.4. The number of nitrogens with one attached hydrogen (secondary N) is 1. The second-order valence-electron chi connectivity index (χ2n) is 5.82. The lowest BCUT2D eigenvalue weighted by Crippen LogP contribution is -2.29. The standard InChI is InChI=1S/C18H20FN3O3/c19-15-5-1-2-6-16(15)25-12-17(23)21-10-14-7-8-20-18(22-14)13-4-3-9-24-11-13/h1-2,5-8,13H,3-4,9-12H2,(H,21,23)/t13-/m1/s1. The number of hydrogen-bond donors (Lipinski definition) is 1. The molecule has 0 unspecified atom stereocenters. The molecule has 1 aliphatic rings. The van der Waals surface area contributed by atoms with Gasteiger partial charge in [-0.2, -0.15) is 0 Å². The van der Waals surface area contributed by atoms with E-state index in [0.29, 0.717) is 6.61 Å². The van der Waals surface area contributed by atoms with Gasteiger partial charge in [0.2, 0.25) is 0 Å². The molecule has 1 N–H and O–H groups in total. The fourth-order valence-corrected chi connectivity index (χ4v) is 2.60. The molecule has 0 radical (unpaired) electrons. The lowest BCUT2D eigenvalue weighted by atomic mass is 10.0. The Balaban J connectivity index is 1.49. The number of amides is 1. The van der Waals surface area contributed by atoms with Crippen LogP contribution in [0.1, 0.15) is 30.3 Å². The van der Waals surface area contributed by atoms with Gasteiger partial charge in [0.25, 0.3) is 5.91 Å². The summed E-state index contributed by atoms with van der Waals surface area (Å²) in [6, 6.07) is 7.72. The summed E-state index contributed by atoms with van der Waals surface area (Å²) >= 11 is 0. The lowest BCUT2D eigenvalue weighted by Gasteiger charge is -2.20. The zero-order valence-corrected chi connectivity index (χ0v) is 13.8. The normalized spacial score (nSPS) is 17.1. The van der Waals surface area contributed by atoms with E-state index in [-0.39, 0.29) is 30.7 Å². The van der Waals surface area contributed by atoms with Crippen molar-refractivity contribution in [2.24, 2.45) is 0 Å². The zero-order chi connectivity index (χ0) is 17.5. The number of hydrogen-bond acceptors (Lipinski definition) is 5. The molecule has 2 heterocycles. The van der Waals surface area contributed by atoms with Gasteiger partial charge in [-0.15, -0.1) is 0 Å². The van der Waals surface area contributed by atoms with Gasteiger partial charge in [-0.25, -0.2) is 14.4 Å². The second-order valence-corrected chi connectivity index (χ2v) is 5.82. The van der Waals surface area contributed by atoms with E-state index in [2.05, 4.69) is 15.3 Å². The van der Waals surface area contributed by atoms with E-state index >= 15 is 0 Å². The summed E-state index contributed by atoms with van der Waals surface area (Å²) in [4.78, 5) is 20.7. The van der Waals surface area contributed by atoms with Gasteiger partial charge >= 0.3 is 0 Å². The number of aromatic nitrogens is 2. The summed E-state index contributed by atoms with van der Waals surface area (Å²) in [7, 11) is 0. The molecule has 2 aromatic rings. The van der Waals surface area contributed by atoms with Gasteiger partial charge < -0.3 is 14.8 Å². The fraction of sp³-hybridized carbons (Fsp3) is 0.389. The third-order valence-corrected chi connectivity index (χ3v) is 3.92. The van der Waals surface area contributed by atoms with E-state index < -0.39 is 5.82 Å². The van der Waals surface area contributed by atoms with Crippen LogP contribution in [0.2, 0.25) is 0 Å². The van der Waals surface area contributed by atoms with Crippen molar-refractivity contribution in [1.82, 2.24) is 15.3 Å². The van der Waals surface area contributed by atoms with E-state index in [0.717, 1.165) is 31.0 Å². The number of ether oxygens (including phenoxy) is 2. The Kier molecular flexibility index (Phi) is 5.90. The first-order chi connectivity index (χ1) is 12.2. The van der Waals surface area contributed by atoms with Crippen molar-refractivity contribution in [3.8, 4) is 5.75 Å². The Morgan fingerprint density at radius 2 is 2.24 bits per heavy atom. The molecule has 1 aromatic carbocycles. The molecule has 1 aliphatic heterocycles. The largest absolute Gasteiger partial charge is 0.481 e. The SMILES string of the molecule is O=C(COc1ccccc1F)NCc1ccnc([C@@H]2CCCOC2)n1. The van der Waals surface area contributed by atoms with E-state index in [1.165, 1.54) is 12.1 Å². The number of para-hydroxylation sites is 1. The van der Waals surface area contributed by atoms with Crippen LogP contribution in [0.25, 0.3) is 0 Å². The molecule has 0 saturated carbocycles. The summed E-state index contributed by atoms with van der Waals surface area (Å²) in [5, 5.41) is 2.71. The van der Waals surface area contributed by atoms with Crippen molar-refractivity contribution in [2.45, 2.75) is 25.3 Å². The second kappa shape index (κ2) is 8.53. The highest BCUT2D eigenvalue weighted by Crippen LogP contribution is 2.22. The minimum atomic E-state index is -0.495. The van der Waals surface area contributed by atoms with Crippen molar-refractivity contribution in [3.63, 3.8) is 0 Å². The van der Waals surface area contributed by atoms with Crippen LogP contribution >= 0.6 is 0 Å². The molecule has 3 rings (SSSR count). The van der Waals surface area contributed by atoms with Gasteiger partial charge in [0.1, 0.15) is 5.82 Å². The molecule has 1 fully saturated rings. The predicted octanol–water partition coefficient (Wildman–Crippen LogP) is 2.20. The average Bonchev–Trinajstić information content (AvgIpc) is 2.67. The third-order valence-electron chi connectivity index (χ3n) is 3.92. The van der Waals surface area contributed by atoms with Crippen molar-refractivity contribution in [2.75, 3.05) is 19.8 Å². The molecule has 1 saturated heterocycles. The topological polar surface area (TPSA) is 73.3 Å². The van der Waals surface area contributed by atoms with Crippen molar-refractivity contribution >= 4 is 5.91 Å². The molecule has 1 atom stereocenters. The molecule has 6 nitrogen and oxygen atoms in total. The van der Waals surface area contributed by atoms with Crippen LogP contribution in [0.4, 0.5) is 4.39 Å². The first kappa shape index (κ1) is 17.3. The van der Waals surface area contributed by atoms with Crippen molar-refractivity contribution in [3.05, 3.63) is 53.9 Å². The maximum atomic E-state index is 13.4. The van der Waals surface area contributed by atoms with Gasteiger partial charge in [-0.1, -0.05) is 12.1 Å². The van der Waals surface area contributed by atoms with Crippen molar-refractivity contribution < 1.29 is 18.7 Å². The number of carbonyl (C=O) groups excluding carboxylic acids is 1. The zero-order valence-electron chi connectivity index (χ0n) is 13.8. The molecule has 0 spiro atoms. The highest BCUT2D eigenvalue weighted by molar-refractivity contribution is 5.77. The number of halogens is 1. The van der Waals surface area contributed by atoms with Crippen LogP contribution in [-0.4, -0.2) is 35.7 Å². The van der Waals surface area contributed by atoms with Crippen LogP contribution < -0.4 is 10.1 Å². The van der Waals surface area contributed by atoms with Gasteiger partial charge in [-0.3, -0.25) is 4.79 Å². The minimum Gasteiger partial charge on any atom is -0.481 e. The Bertz CT molecular complexity index is 720. The Hall–Kier alpha value is -2.54. The van der Waals surface area contributed by atoms with Gasteiger partial charge in [0.05, 0.1) is 18.8 Å². The predicted molar refractivity (Wildman–Crippen MR) is 88.6 cm³/mol. The number of benzene rings is 1. The maximum Gasteiger partial charge on any atom is 0.258 e. The van der Waals surface area contributed by atoms with Gasteiger partial charge in [0, 0.05) is 18.7 Å². The van der Waals surface area contributed by atoms with Crippen LogP contribution in [0.3, 0.4) is 0 Å². The van der Waals surface area contributed by atoms with Crippen LogP contribution in [-0.2, 0) is 16.1 Å². The number of rotatable bonds is 6. The van der Waals surface area contributed by atoms with E-state index in [4.69, 9.17) is 9.47 Å². The molecule has 132 valence electrons. The monoisotopic (exact) mass is 345 g/mol. The molecule has 0 bridgehead atoms. The first-order valence-electron chi connectivity index (χ1n) is 8.26. The Morgan fingerprint density at radius 1 is 1.36 bits per heavy atom.